The third kappa shape index (κ3) is 4.68. The first kappa shape index (κ1) is 19.4. The second-order valence-corrected chi connectivity index (χ2v) is 6.88. The SMILES string of the molecule is C[C@H](OC(=O)Cc1cccc2ccccc12)C(=O)Nc1ccc(N(C)C)cc1. The molecule has 0 fully saturated rings. The lowest BCUT2D eigenvalue weighted by Gasteiger charge is -2.15. The second kappa shape index (κ2) is 8.57. The van der Waals surface area contributed by atoms with Crippen molar-refractivity contribution < 1.29 is 14.3 Å². The van der Waals surface area contributed by atoms with Gasteiger partial charge in [-0.2, -0.15) is 0 Å². The number of ether oxygens (including phenoxy) is 1. The number of benzene rings is 3. The molecule has 1 N–H and O–H groups in total. The van der Waals surface area contributed by atoms with Gasteiger partial charge in [0.1, 0.15) is 0 Å². The monoisotopic (exact) mass is 376 g/mol. The molecule has 3 rings (SSSR count). The van der Waals surface area contributed by atoms with Crippen LogP contribution in [-0.4, -0.2) is 32.1 Å². The van der Waals surface area contributed by atoms with Gasteiger partial charge in [0.15, 0.2) is 6.10 Å². The molecule has 144 valence electrons. The number of nitrogens with zero attached hydrogens (tertiary/aromatic N) is 1. The van der Waals surface area contributed by atoms with E-state index >= 15 is 0 Å². The van der Waals surface area contributed by atoms with Crippen molar-refractivity contribution in [3.8, 4) is 0 Å². The number of carbonyl (C=O) groups excluding carboxylic acids is 2. The number of carbonyl (C=O) groups is 2. The van der Waals surface area contributed by atoms with Crippen LogP contribution in [0.2, 0.25) is 0 Å². The van der Waals surface area contributed by atoms with Gasteiger partial charge < -0.3 is 15.0 Å². The van der Waals surface area contributed by atoms with Gasteiger partial charge in [-0.05, 0) is 47.5 Å². The molecule has 1 amide bonds. The molecule has 0 heterocycles. The summed E-state index contributed by atoms with van der Waals surface area (Å²) in [4.78, 5) is 26.6. The molecule has 0 aliphatic heterocycles. The highest BCUT2D eigenvalue weighted by atomic mass is 16.5. The van der Waals surface area contributed by atoms with Gasteiger partial charge in [-0.3, -0.25) is 9.59 Å². The smallest absolute Gasteiger partial charge is 0.311 e. The summed E-state index contributed by atoms with van der Waals surface area (Å²) in [6, 6.07) is 21.2. The number of esters is 1. The maximum absolute atomic E-state index is 12.3. The van der Waals surface area contributed by atoms with Gasteiger partial charge in [0.2, 0.25) is 0 Å². The lowest BCUT2D eigenvalue weighted by atomic mass is 10.0. The Labute approximate surface area is 164 Å². The Morgan fingerprint density at radius 3 is 2.36 bits per heavy atom. The molecule has 3 aromatic rings. The van der Waals surface area contributed by atoms with E-state index in [1.165, 1.54) is 0 Å². The Morgan fingerprint density at radius 1 is 0.964 bits per heavy atom. The van der Waals surface area contributed by atoms with E-state index in [4.69, 9.17) is 4.74 Å². The van der Waals surface area contributed by atoms with Crippen LogP contribution in [0.25, 0.3) is 10.8 Å². The number of anilines is 2. The Hall–Kier alpha value is -3.34. The van der Waals surface area contributed by atoms with Gasteiger partial charge in [-0.1, -0.05) is 42.5 Å². The lowest BCUT2D eigenvalue weighted by Crippen LogP contribution is -2.30. The van der Waals surface area contributed by atoms with E-state index in [0.717, 1.165) is 22.0 Å². The maximum atomic E-state index is 12.3. The largest absolute Gasteiger partial charge is 0.452 e. The lowest BCUT2D eigenvalue weighted by molar-refractivity contribution is -0.152. The van der Waals surface area contributed by atoms with Crippen molar-refractivity contribution in [2.24, 2.45) is 0 Å². The van der Waals surface area contributed by atoms with E-state index in [9.17, 15) is 9.59 Å². The van der Waals surface area contributed by atoms with Crippen LogP contribution in [0, 0.1) is 0 Å². The van der Waals surface area contributed by atoms with E-state index in [2.05, 4.69) is 5.32 Å². The van der Waals surface area contributed by atoms with Gasteiger partial charge >= 0.3 is 5.97 Å². The van der Waals surface area contributed by atoms with Crippen LogP contribution in [0.3, 0.4) is 0 Å². The molecule has 0 aromatic heterocycles. The number of rotatable bonds is 6. The molecule has 0 aliphatic rings. The van der Waals surface area contributed by atoms with Crippen molar-refractivity contribution in [3.05, 3.63) is 72.3 Å². The van der Waals surface area contributed by atoms with E-state index < -0.39 is 12.1 Å². The van der Waals surface area contributed by atoms with Crippen molar-refractivity contribution in [1.29, 1.82) is 0 Å². The molecule has 0 saturated carbocycles. The summed E-state index contributed by atoms with van der Waals surface area (Å²) >= 11 is 0. The first-order chi connectivity index (χ1) is 13.4. The summed E-state index contributed by atoms with van der Waals surface area (Å²) < 4.78 is 5.34. The van der Waals surface area contributed by atoms with Gasteiger partial charge in [0, 0.05) is 25.5 Å². The summed E-state index contributed by atoms with van der Waals surface area (Å²) in [6.07, 6.45) is -0.757. The molecule has 0 aliphatic carbocycles. The van der Waals surface area contributed by atoms with Gasteiger partial charge in [-0.25, -0.2) is 0 Å². The predicted molar refractivity (Wildman–Crippen MR) is 113 cm³/mol. The molecule has 5 heteroatoms. The summed E-state index contributed by atoms with van der Waals surface area (Å²) in [5.74, 6) is -0.786. The van der Waals surface area contributed by atoms with Crippen LogP contribution in [0.1, 0.15) is 12.5 Å². The molecule has 1 atom stereocenters. The summed E-state index contributed by atoms with van der Waals surface area (Å²) in [5, 5.41) is 4.86. The van der Waals surface area contributed by atoms with Crippen molar-refractivity contribution >= 4 is 34.0 Å². The van der Waals surface area contributed by atoms with Crippen molar-refractivity contribution in [1.82, 2.24) is 0 Å². The topological polar surface area (TPSA) is 58.6 Å². The molecule has 3 aromatic carbocycles. The number of amides is 1. The third-order valence-corrected chi connectivity index (χ3v) is 4.54. The van der Waals surface area contributed by atoms with Crippen molar-refractivity contribution in [3.63, 3.8) is 0 Å². The number of nitrogens with one attached hydrogen (secondary N) is 1. The Bertz CT molecular complexity index is 975. The Morgan fingerprint density at radius 2 is 1.64 bits per heavy atom. The van der Waals surface area contributed by atoms with Crippen LogP contribution in [0.15, 0.2) is 66.7 Å². The molecule has 0 saturated heterocycles. The molecular formula is C23H24N2O3. The maximum Gasteiger partial charge on any atom is 0.311 e. The quantitative estimate of drug-likeness (QED) is 0.660. The molecular weight excluding hydrogens is 352 g/mol. The van der Waals surface area contributed by atoms with Crippen molar-refractivity contribution in [2.45, 2.75) is 19.4 Å². The van der Waals surface area contributed by atoms with E-state index in [0.29, 0.717) is 5.69 Å². The predicted octanol–water partition coefficient (Wildman–Crippen LogP) is 4.02. The van der Waals surface area contributed by atoms with Crippen LogP contribution < -0.4 is 10.2 Å². The molecule has 0 bridgehead atoms. The van der Waals surface area contributed by atoms with Crippen LogP contribution >= 0.6 is 0 Å². The van der Waals surface area contributed by atoms with Crippen LogP contribution in [0.5, 0.6) is 0 Å². The molecule has 5 nitrogen and oxygen atoms in total. The Kier molecular flexibility index (Phi) is 5.94. The second-order valence-electron chi connectivity index (χ2n) is 6.88. The van der Waals surface area contributed by atoms with Crippen LogP contribution in [0.4, 0.5) is 11.4 Å². The molecule has 0 radical (unpaired) electrons. The summed E-state index contributed by atoms with van der Waals surface area (Å²) in [6.45, 7) is 1.57. The highest BCUT2D eigenvalue weighted by Gasteiger charge is 2.18. The molecule has 28 heavy (non-hydrogen) atoms. The average molecular weight is 376 g/mol. The molecule has 0 unspecified atom stereocenters. The van der Waals surface area contributed by atoms with E-state index in [-0.39, 0.29) is 12.3 Å². The minimum Gasteiger partial charge on any atom is -0.452 e. The molecule has 0 spiro atoms. The van der Waals surface area contributed by atoms with E-state index in [1.54, 1.807) is 6.92 Å². The fraction of sp³-hybridized carbons (Fsp3) is 0.217. The fourth-order valence-corrected chi connectivity index (χ4v) is 2.98. The Balaban J connectivity index is 1.59. The standard InChI is InChI=1S/C23H24N2O3/c1-16(23(27)24-19-11-13-20(14-12-19)25(2)3)28-22(26)15-18-9-6-8-17-7-4-5-10-21(17)18/h4-14,16H,15H2,1-3H3,(H,24,27)/t16-/m0/s1. The number of fused-ring (bicyclic) bond motifs is 1. The summed E-state index contributed by atoms with van der Waals surface area (Å²) in [7, 11) is 3.90. The first-order valence-electron chi connectivity index (χ1n) is 9.18. The first-order valence-corrected chi connectivity index (χ1v) is 9.18. The zero-order valence-electron chi connectivity index (χ0n) is 16.3. The van der Waals surface area contributed by atoms with E-state index in [1.807, 2.05) is 85.7 Å². The zero-order valence-corrected chi connectivity index (χ0v) is 16.3. The highest BCUT2D eigenvalue weighted by Crippen LogP contribution is 2.20. The van der Waals surface area contributed by atoms with Crippen molar-refractivity contribution in [2.75, 3.05) is 24.3 Å². The van der Waals surface area contributed by atoms with Crippen LogP contribution in [-0.2, 0) is 20.7 Å². The van der Waals surface area contributed by atoms with Gasteiger partial charge in [0.05, 0.1) is 6.42 Å². The average Bonchev–Trinajstić information content (AvgIpc) is 2.68. The van der Waals surface area contributed by atoms with Gasteiger partial charge in [-0.15, -0.1) is 0 Å². The number of hydrogen-bond acceptors (Lipinski definition) is 4. The number of hydrogen-bond donors (Lipinski definition) is 1. The highest BCUT2D eigenvalue weighted by molar-refractivity contribution is 5.95. The van der Waals surface area contributed by atoms with Gasteiger partial charge in [0.25, 0.3) is 5.91 Å². The minimum atomic E-state index is -0.879. The zero-order chi connectivity index (χ0) is 20.1. The fourth-order valence-electron chi connectivity index (χ4n) is 2.98. The normalized spacial score (nSPS) is 11.7. The third-order valence-electron chi connectivity index (χ3n) is 4.54. The summed E-state index contributed by atoms with van der Waals surface area (Å²) in [5.41, 5.74) is 2.58. The minimum absolute atomic E-state index is 0.122.